The molecule has 0 spiro atoms. The number of hydrogen-bond acceptors (Lipinski definition) is 0. The van der Waals surface area contributed by atoms with Crippen molar-refractivity contribution in [3.63, 3.8) is 0 Å². The van der Waals surface area contributed by atoms with Crippen molar-refractivity contribution in [3.8, 4) is 11.2 Å². The summed E-state index contributed by atoms with van der Waals surface area (Å²) in [5.74, 6) is 0. The van der Waals surface area contributed by atoms with Crippen molar-refractivity contribution in [1.29, 1.82) is 0 Å². The summed E-state index contributed by atoms with van der Waals surface area (Å²) in [6.07, 6.45) is 5.01. The fourth-order valence-corrected chi connectivity index (χ4v) is 0.707. The van der Waals surface area contributed by atoms with E-state index in [4.69, 9.17) is 6.42 Å². The summed E-state index contributed by atoms with van der Waals surface area (Å²) < 4.78 is 0. The van der Waals surface area contributed by atoms with Gasteiger partial charge in [0.2, 0.25) is 0 Å². The van der Waals surface area contributed by atoms with Crippen LogP contribution in [0.3, 0.4) is 0 Å². The van der Waals surface area contributed by atoms with Gasteiger partial charge in [-0.3, -0.25) is 0 Å². The van der Waals surface area contributed by atoms with Gasteiger partial charge >= 0.3 is 44.9 Å². The van der Waals surface area contributed by atoms with Crippen LogP contribution < -0.4 is 0 Å². The van der Waals surface area contributed by atoms with Crippen LogP contribution in [0.5, 0.6) is 0 Å². The molecule has 6 heavy (non-hydrogen) atoms. The van der Waals surface area contributed by atoms with Crippen molar-refractivity contribution >= 4 is 15.0 Å². The Morgan fingerprint density at radius 2 is 2.17 bits per heavy atom. The zero-order valence-electron chi connectivity index (χ0n) is 4.06. The molecular formula is C5H8Se. The predicted molar refractivity (Wildman–Crippen MR) is 29.7 cm³/mol. The summed E-state index contributed by atoms with van der Waals surface area (Å²) in [5.41, 5.74) is 0. The average molecular weight is 147 g/mol. The molecule has 0 heterocycles. The maximum atomic E-state index is 5.01. The van der Waals surface area contributed by atoms with Gasteiger partial charge in [-0.25, -0.2) is 0 Å². The third kappa shape index (κ3) is 4.08. The van der Waals surface area contributed by atoms with Crippen LogP contribution in [0, 0.1) is 11.2 Å². The third-order valence-electron chi connectivity index (χ3n) is 0.304. The first-order valence-corrected chi connectivity index (χ1v) is 3.73. The zero-order chi connectivity index (χ0) is 4.99. The van der Waals surface area contributed by atoms with E-state index in [1.807, 2.05) is 0 Å². The van der Waals surface area contributed by atoms with E-state index in [2.05, 4.69) is 18.7 Å². The SMILES string of the molecule is C#C[Se]C(C)C. The normalized spacial score (nSPS) is 8.33. The summed E-state index contributed by atoms with van der Waals surface area (Å²) in [6.45, 7) is 4.28. The topological polar surface area (TPSA) is 0 Å². The Labute approximate surface area is 45.5 Å². The molecular weight excluding hydrogens is 139 g/mol. The van der Waals surface area contributed by atoms with E-state index in [0.29, 0.717) is 15.0 Å². The molecule has 0 saturated heterocycles. The molecule has 0 aromatic rings. The van der Waals surface area contributed by atoms with E-state index < -0.39 is 0 Å². The number of rotatable bonds is 1. The van der Waals surface area contributed by atoms with Crippen molar-refractivity contribution in [3.05, 3.63) is 0 Å². The molecule has 0 aliphatic heterocycles. The number of hydrogen-bond donors (Lipinski definition) is 0. The van der Waals surface area contributed by atoms with Gasteiger partial charge in [-0.2, -0.15) is 0 Å². The van der Waals surface area contributed by atoms with E-state index in [-0.39, 0.29) is 0 Å². The Morgan fingerprint density at radius 1 is 1.67 bits per heavy atom. The van der Waals surface area contributed by atoms with Gasteiger partial charge in [0.05, 0.1) is 0 Å². The molecule has 0 aliphatic carbocycles. The third-order valence-corrected chi connectivity index (χ3v) is 1.58. The summed E-state index contributed by atoms with van der Waals surface area (Å²) in [4.78, 5) is 3.35. The molecule has 0 bridgehead atoms. The maximum absolute atomic E-state index is 5.01. The molecule has 0 aliphatic rings. The second kappa shape index (κ2) is 3.28. The minimum absolute atomic E-state index is 0.444. The summed E-state index contributed by atoms with van der Waals surface area (Å²) in [5, 5.41) is 0. The van der Waals surface area contributed by atoms with Gasteiger partial charge in [0.15, 0.2) is 0 Å². The van der Waals surface area contributed by atoms with E-state index >= 15 is 0 Å². The Balaban J connectivity index is 2.88. The van der Waals surface area contributed by atoms with Crippen molar-refractivity contribution in [2.75, 3.05) is 0 Å². The van der Waals surface area contributed by atoms with E-state index in [1.54, 1.807) is 0 Å². The molecule has 0 unspecified atom stereocenters. The van der Waals surface area contributed by atoms with Crippen molar-refractivity contribution in [2.45, 2.75) is 18.7 Å². The minimum atomic E-state index is 0.444. The Kier molecular flexibility index (Phi) is 3.32. The molecule has 0 aromatic carbocycles. The molecule has 0 atom stereocenters. The van der Waals surface area contributed by atoms with Gasteiger partial charge < -0.3 is 0 Å². The molecule has 0 rings (SSSR count). The molecule has 34 valence electrons. The van der Waals surface area contributed by atoms with Crippen LogP contribution in [-0.4, -0.2) is 15.0 Å². The van der Waals surface area contributed by atoms with E-state index in [0.717, 1.165) is 4.82 Å². The Morgan fingerprint density at radius 3 is 2.17 bits per heavy atom. The molecule has 0 saturated carbocycles. The first-order valence-electron chi connectivity index (χ1n) is 1.88. The van der Waals surface area contributed by atoms with Crippen molar-refractivity contribution < 1.29 is 0 Å². The Bertz CT molecular complexity index is 58.8. The fraction of sp³-hybridized carbons (Fsp3) is 0.600. The number of terminal acetylenes is 1. The molecule has 0 radical (unpaired) electrons. The molecule has 0 amide bonds. The van der Waals surface area contributed by atoms with Gasteiger partial charge in [0.1, 0.15) is 0 Å². The molecule has 1 heteroatoms. The van der Waals surface area contributed by atoms with Crippen LogP contribution in [0.25, 0.3) is 0 Å². The van der Waals surface area contributed by atoms with Crippen LogP contribution in [0.1, 0.15) is 13.8 Å². The quantitative estimate of drug-likeness (QED) is 0.385. The predicted octanol–water partition coefficient (Wildman–Crippen LogP) is 1.11. The van der Waals surface area contributed by atoms with E-state index in [9.17, 15) is 0 Å². The summed E-state index contributed by atoms with van der Waals surface area (Å²) >= 11 is 0.444. The van der Waals surface area contributed by atoms with Gasteiger partial charge in [0.25, 0.3) is 0 Å². The van der Waals surface area contributed by atoms with Crippen LogP contribution in [-0.2, 0) is 0 Å². The second-order valence-electron chi connectivity index (χ2n) is 1.28. The van der Waals surface area contributed by atoms with Crippen LogP contribution in [0.15, 0.2) is 0 Å². The van der Waals surface area contributed by atoms with Crippen molar-refractivity contribution in [1.82, 2.24) is 0 Å². The summed E-state index contributed by atoms with van der Waals surface area (Å²) in [6, 6.07) is 0. The standard InChI is InChI=1S/C5H8Se/c1-4-6-5(2)3/h1,5H,2-3H3. The monoisotopic (exact) mass is 148 g/mol. The van der Waals surface area contributed by atoms with Crippen LogP contribution in [0.2, 0.25) is 4.82 Å². The first-order chi connectivity index (χ1) is 2.77. The van der Waals surface area contributed by atoms with E-state index in [1.165, 1.54) is 0 Å². The van der Waals surface area contributed by atoms with Crippen LogP contribution >= 0.6 is 0 Å². The van der Waals surface area contributed by atoms with Gasteiger partial charge in [-0.1, -0.05) is 0 Å². The fourth-order valence-electron chi connectivity index (χ4n) is 0.136. The van der Waals surface area contributed by atoms with Gasteiger partial charge in [-0.15, -0.1) is 0 Å². The summed E-state index contributed by atoms with van der Waals surface area (Å²) in [7, 11) is 0. The van der Waals surface area contributed by atoms with Gasteiger partial charge in [-0.05, 0) is 0 Å². The average Bonchev–Trinajstić information content (AvgIpc) is 1.35. The Hall–Kier alpha value is 0.0795. The first kappa shape index (κ1) is 6.08. The van der Waals surface area contributed by atoms with Crippen molar-refractivity contribution in [2.24, 2.45) is 0 Å². The zero-order valence-corrected chi connectivity index (χ0v) is 5.78. The van der Waals surface area contributed by atoms with Gasteiger partial charge in [0, 0.05) is 0 Å². The molecule has 0 aromatic heterocycles. The molecule has 0 fully saturated rings. The second-order valence-corrected chi connectivity index (χ2v) is 4.25. The van der Waals surface area contributed by atoms with Crippen LogP contribution in [0.4, 0.5) is 0 Å². The molecule has 0 N–H and O–H groups in total. The molecule has 0 nitrogen and oxygen atoms in total.